The third kappa shape index (κ3) is 5.78. The van der Waals surface area contributed by atoms with Gasteiger partial charge in [-0.25, -0.2) is 0 Å². The number of nitriles is 1. The molecule has 0 saturated carbocycles. The van der Waals surface area contributed by atoms with Crippen LogP contribution in [0, 0.1) is 24.2 Å². The van der Waals surface area contributed by atoms with E-state index >= 15 is 0 Å². The first-order valence-electron chi connectivity index (χ1n) is 12.1. The van der Waals surface area contributed by atoms with Gasteiger partial charge in [-0.3, -0.25) is 9.78 Å². The van der Waals surface area contributed by atoms with E-state index in [1.54, 1.807) is 18.5 Å². The fourth-order valence-corrected chi connectivity index (χ4v) is 5.61. The van der Waals surface area contributed by atoms with Crippen LogP contribution < -0.4 is 10.1 Å². The maximum Gasteiger partial charge on any atom is 0.163 e. The molecule has 0 amide bonds. The third-order valence-electron chi connectivity index (χ3n) is 6.58. The molecule has 1 N–H and O–H groups in total. The number of rotatable bonds is 6. The summed E-state index contributed by atoms with van der Waals surface area (Å²) in [6.07, 6.45) is 5.93. The molecule has 1 aromatic heterocycles. The number of hydrogen-bond donors (Lipinski definition) is 1. The fourth-order valence-electron chi connectivity index (χ4n) is 5.61. The number of carbonyl (C=O) groups excluding carboxylic acids is 1. The van der Waals surface area contributed by atoms with E-state index < -0.39 is 0 Å². The van der Waals surface area contributed by atoms with Crippen molar-refractivity contribution >= 4 is 5.78 Å². The van der Waals surface area contributed by atoms with E-state index in [0.717, 1.165) is 29.5 Å². The minimum atomic E-state index is 0.0170. The smallest absolute Gasteiger partial charge is 0.163 e. The van der Waals surface area contributed by atoms with Crippen molar-refractivity contribution in [2.45, 2.75) is 65.0 Å². The van der Waals surface area contributed by atoms with Gasteiger partial charge in [0.1, 0.15) is 23.1 Å². The van der Waals surface area contributed by atoms with Gasteiger partial charge in [0.15, 0.2) is 5.78 Å². The molecule has 3 aromatic rings. The molecule has 1 aliphatic rings. The number of aromatic nitrogens is 1. The second-order valence-electron chi connectivity index (χ2n) is 10.9. The molecule has 0 radical (unpaired) electrons. The van der Waals surface area contributed by atoms with Crippen molar-refractivity contribution < 1.29 is 9.53 Å². The number of ketones is 1. The lowest BCUT2D eigenvalue weighted by atomic mass is 9.74. The molecule has 0 atom stereocenters. The topological polar surface area (TPSA) is 75.0 Å². The van der Waals surface area contributed by atoms with Crippen LogP contribution in [-0.4, -0.2) is 21.8 Å². The van der Waals surface area contributed by atoms with Crippen molar-refractivity contribution in [2.24, 2.45) is 5.92 Å². The first kappa shape index (κ1) is 24.6. The quantitative estimate of drug-likeness (QED) is 0.401. The van der Waals surface area contributed by atoms with Gasteiger partial charge < -0.3 is 10.1 Å². The number of Topliss-reactive ketones (excluding diaryl/α,β-unsaturated/α-hetero) is 1. The monoisotopic (exact) mass is 467 g/mol. The molecule has 0 bridgehead atoms. The Labute approximate surface area is 208 Å². The van der Waals surface area contributed by atoms with Gasteiger partial charge in [-0.05, 0) is 89.3 Å². The molecule has 35 heavy (non-hydrogen) atoms. The number of hydrogen-bond acceptors (Lipinski definition) is 5. The second kappa shape index (κ2) is 9.64. The number of nitrogens with zero attached hydrogens (tertiary/aromatic N) is 2. The van der Waals surface area contributed by atoms with Gasteiger partial charge in [0.25, 0.3) is 0 Å². The minimum Gasteiger partial charge on any atom is -0.456 e. The maximum absolute atomic E-state index is 13.1. The highest BCUT2D eigenvalue weighted by Crippen LogP contribution is 2.37. The van der Waals surface area contributed by atoms with Crippen molar-refractivity contribution in [3.63, 3.8) is 0 Å². The van der Waals surface area contributed by atoms with E-state index in [0.29, 0.717) is 35.0 Å². The van der Waals surface area contributed by atoms with Crippen molar-refractivity contribution in [1.82, 2.24) is 10.3 Å². The molecule has 0 unspecified atom stereocenters. The van der Waals surface area contributed by atoms with Crippen LogP contribution in [0.25, 0.3) is 11.1 Å². The van der Waals surface area contributed by atoms with Gasteiger partial charge in [0.2, 0.25) is 0 Å². The Morgan fingerprint density at radius 3 is 2.46 bits per heavy atom. The average Bonchev–Trinajstić information content (AvgIpc) is 2.78. The molecular formula is C30H33N3O2. The van der Waals surface area contributed by atoms with E-state index in [1.165, 1.54) is 0 Å². The van der Waals surface area contributed by atoms with E-state index in [1.807, 2.05) is 49.4 Å². The predicted molar refractivity (Wildman–Crippen MR) is 139 cm³/mol. The average molecular weight is 468 g/mol. The Bertz CT molecular complexity index is 1260. The van der Waals surface area contributed by atoms with Crippen LogP contribution in [0.1, 0.15) is 68.4 Å². The highest BCUT2D eigenvalue weighted by Gasteiger charge is 2.38. The third-order valence-corrected chi connectivity index (χ3v) is 6.58. The van der Waals surface area contributed by atoms with Crippen LogP contribution >= 0.6 is 0 Å². The Morgan fingerprint density at radius 1 is 1.09 bits per heavy atom. The van der Waals surface area contributed by atoms with Gasteiger partial charge in [0.05, 0.1) is 0 Å². The van der Waals surface area contributed by atoms with Gasteiger partial charge >= 0.3 is 0 Å². The molecule has 2 aromatic carbocycles. The van der Waals surface area contributed by atoms with Crippen LogP contribution in [-0.2, 0) is 0 Å². The number of pyridine rings is 1. The van der Waals surface area contributed by atoms with Gasteiger partial charge in [-0.15, -0.1) is 0 Å². The van der Waals surface area contributed by atoms with Gasteiger partial charge in [0, 0.05) is 46.6 Å². The minimum absolute atomic E-state index is 0.0170. The van der Waals surface area contributed by atoms with Crippen molar-refractivity contribution in [3.05, 3.63) is 77.6 Å². The first-order valence-corrected chi connectivity index (χ1v) is 12.1. The summed E-state index contributed by atoms with van der Waals surface area (Å²) in [6.45, 7) is 10.8. The summed E-state index contributed by atoms with van der Waals surface area (Å²) >= 11 is 0. The van der Waals surface area contributed by atoms with Crippen LogP contribution in [0.4, 0.5) is 0 Å². The molecule has 0 spiro atoms. The zero-order valence-corrected chi connectivity index (χ0v) is 21.2. The Balaban J connectivity index is 1.53. The Morgan fingerprint density at radius 2 is 1.83 bits per heavy atom. The van der Waals surface area contributed by atoms with Gasteiger partial charge in [-0.2, -0.15) is 5.26 Å². The number of nitrogens with one attached hydrogen (secondary N) is 1. The molecule has 5 heteroatoms. The summed E-state index contributed by atoms with van der Waals surface area (Å²) in [5.41, 5.74) is 3.68. The first-order chi connectivity index (χ1) is 16.6. The summed E-state index contributed by atoms with van der Waals surface area (Å²) < 4.78 is 6.17. The summed E-state index contributed by atoms with van der Waals surface area (Å²) in [6, 6.07) is 17.1. The highest BCUT2D eigenvalue weighted by atomic mass is 16.5. The standard InChI is InChI=1S/C30H33N3O2/c1-20-14-22(26(34)15-21-16-29(2,3)33-30(4,5)17-21)11-12-27(20)35-28-10-6-9-24(25(28)18-31)23-8-7-13-32-19-23/h6-14,19,21,33H,15-17H2,1-5H3. The normalized spacial score (nSPS) is 16.9. The maximum atomic E-state index is 13.1. The zero-order chi connectivity index (χ0) is 25.2. The van der Waals surface area contributed by atoms with Crippen LogP contribution in [0.3, 0.4) is 0 Å². The molecule has 1 aliphatic heterocycles. The van der Waals surface area contributed by atoms with Crippen LogP contribution in [0.2, 0.25) is 0 Å². The molecular weight excluding hydrogens is 434 g/mol. The molecule has 2 heterocycles. The number of carbonyl (C=O) groups is 1. The van der Waals surface area contributed by atoms with E-state index in [9.17, 15) is 10.1 Å². The molecule has 1 fully saturated rings. The number of aryl methyl sites for hydroxylation is 1. The van der Waals surface area contributed by atoms with Crippen molar-refractivity contribution in [3.8, 4) is 28.7 Å². The SMILES string of the molecule is Cc1cc(C(=O)CC2CC(C)(C)NC(C)(C)C2)ccc1Oc1cccc(-c2cccnc2)c1C#N. The summed E-state index contributed by atoms with van der Waals surface area (Å²) in [5.74, 6) is 1.62. The molecule has 4 rings (SSSR count). The lowest BCUT2D eigenvalue weighted by Gasteiger charge is -2.46. The lowest BCUT2D eigenvalue weighted by molar-refractivity contribution is 0.0864. The van der Waals surface area contributed by atoms with Crippen LogP contribution in [0.15, 0.2) is 60.9 Å². The predicted octanol–water partition coefficient (Wildman–Crippen LogP) is 6.85. The number of benzene rings is 2. The van der Waals surface area contributed by atoms with Crippen molar-refractivity contribution in [1.29, 1.82) is 5.26 Å². The summed E-state index contributed by atoms with van der Waals surface area (Å²) in [4.78, 5) is 17.3. The molecule has 0 aliphatic carbocycles. The largest absolute Gasteiger partial charge is 0.456 e. The highest BCUT2D eigenvalue weighted by molar-refractivity contribution is 5.96. The molecule has 1 saturated heterocycles. The van der Waals surface area contributed by atoms with E-state index in [-0.39, 0.29) is 16.9 Å². The second-order valence-corrected chi connectivity index (χ2v) is 10.9. The fraction of sp³-hybridized carbons (Fsp3) is 0.367. The molecule has 5 nitrogen and oxygen atoms in total. The zero-order valence-electron chi connectivity index (χ0n) is 21.2. The van der Waals surface area contributed by atoms with Crippen molar-refractivity contribution in [2.75, 3.05) is 0 Å². The number of piperidine rings is 1. The lowest BCUT2D eigenvalue weighted by Crippen LogP contribution is -2.57. The summed E-state index contributed by atoms with van der Waals surface area (Å²) in [5, 5.41) is 13.5. The van der Waals surface area contributed by atoms with E-state index in [2.05, 4.69) is 44.1 Å². The molecule has 180 valence electrons. The summed E-state index contributed by atoms with van der Waals surface area (Å²) in [7, 11) is 0. The van der Waals surface area contributed by atoms with E-state index in [4.69, 9.17) is 4.74 Å². The van der Waals surface area contributed by atoms with Gasteiger partial charge in [-0.1, -0.05) is 18.2 Å². The number of ether oxygens (including phenoxy) is 1. The Kier molecular flexibility index (Phi) is 6.78. The Hall–Kier alpha value is -3.49. The van der Waals surface area contributed by atoms with Crippen LogP contribution in [0.5, 0.6) is 11.5 Å².